The molecule has 0 fully saturated rings. The Balaban J connectivity index is 2.03. The largest absolute Gasteiger partial charge is 0.226 e. The molecule has 0 radical (unpaired) electrons. The van der Waals surface area contributed by atoms with Gasteiger partial charge in [-0.2, -0.15) is 10.4 Å². The Morgan fingerprint density at radius 3 is 2.19 bits per heavy atom. The van der Waals surface area contributed by atoms with E-state index in [1.807, 2.05) is 65.3 Å². The second-order valence-corrected chi connectivity index (χ2v) is 6.83. The zero-order valence-corrected chi connectivity index (χ0v) is 15.6. The third-order valence-corrected chi connectivity index (χ3v) is 5.13. The molecule has 4 heteroatoms. The molecule has 0 amide bonds. The summed E-state index contributed by atoms with van der Waals surface area (Å²) in [6.07, 6.45) is 2.06. The summed E-state index contributed by atoms with van der Waals surface area (Å²) in [5.41, 5.74) is 5.68. The van der Waals surface area contributed by atoms with Crippen LogP contribution in [-0.2, 0) is 0 Å². The second-order valence-electron chi connectivity index (χ2n) is 6.04. The van der Waals surface area contributed by atoms with Gasteiger partial charge in [-0.25, -0.2) is 4.68 Å². The van der Waals surface area contributed by atoms with Gasteiger partial charge in [-0.3, -0.25) is 0 Å². The van der Waals surface area contributed by atoms with Crippen molar-refractivity contribution < 1.29 is 0 Å². The van der Waals surface area contributed by atoms with Crippen LogP contribution in [-0.4, -0.2) is 16.0 Å². The van der Waals surface area contributed by atoms with Crippen molar-refractivity contribution in [1.29, 1.82) is 5.26 Å². The third-order valence-electron chi connectivity index (χ3n) is 4.36. The van der Waals surface area contributed by atoms with E-state index in [2.05, 4.69) is 36.6 Å². The standard InChI is InChI=1S/C23H17N3S/c1-27-23-21(19-12-8-9-17(15-19)16-24)22(18-10-4-2-5-11-18)25-26(23)20-13-6-3-7-14-20/h2-15H,1H3. The molecule has 0 aliphatic carbocycles. The SMILES string of the molecule is CSc1c(-c2cccc(C#N)c2)c(-c2ccccc2)nn1-c1ccccc1. The van der Waals surface area contributed by atoms with E-state index < -0.39 is 0 Å². The fraction of sp³-hybridized carbons (Fsp3) is 0.0435. The highest BCUT2D eigenvalue weighted by Gasteiger charge is 2.21. The number of benzene rings is 3. The summed E-state index contributed by atoms with van der Waals surface area (Å²) in [5, 5.41) is 15.3. The van der Waals surface area contributed by atoms with Gasteiger partial charge in [-0.05, 0) is 36.1 Å². The van der Waals surface area contributed by atoms with E-state index >= 15 is 0 Å². The Morgan fingerprint density at radius 2 is 1.52 bits per heavy atom. The monoisotopic (exact) mass is 367 g/mol. The Morgan fingerprint density at radius 1 is 0.852 bits per heavy atom. The van der Waals surface area contributed by atoms with Crippen LogP contribution in [0.5, 0.6) is 0 Å². The van der Waals surface area contributed by atoms with Gasteiger partial charge in [0, 0.05) is 11.1 Å². The zero-order chi connectivity index (χ0) is 18.6. The minimum Gasteiger partial charge on any atom is -0.226 e. The summed E-state index contributed by atoms with van der Waals surface area (Å²) in [6.45, 7) is 0. The molecule has 0 N–H and O–H groups in total. The normalized spacial score (nSPS) is 10.5. The van der Waals surface area contributed by atoms with Crippen LogP contribution in [0.4, 0.5) is 0 Å². The molecule has 0 bridgehead atoms. The van der Waals surface area contributed by atoms with Crippen molar-refractivity contribution in [1.82, 2.24) is 9.78 Å². The predicted molar refractivity (Wildman–Crippen MR) is 111 cm³/mol. The van der Waals surface area contributed by atoms with Gasteiger partial charge in [-0.15, -0.1) is 11.8 Å². The Bertz CT molecular complexity index is 1110. The Hall–Kier alpha value is -3.29. The quantitative estimate of drug-likeness (QED) is 0.428. The van der Waals surface area contributed by atoms with Crippen molar-refractivity contribution in [3.63, 3.8) is 0 Å². The van der Waals surface area contributed by atoms with Crippen LogP contribution in [0.15, 0.2) is 90.0 Å². The lowest BCUT2D eigenvalue weighted by Crippen LogP contribution is -1.97. The maximum atomic E-state index is 9.33. The van der Waals surface area contributed by atoms with E-state index in [0.29, 0.717) is 5.56 Å². The minimum absolute atomic E-state index is 0.644. The van der Waals surface area contributed by atoms with Gasteiger partial charge in [0.1, 0.15) is 10.7 Å². The van der Waals surface area contributed by atoms with E-state index in [4.69, 9.17) is 5.10 Å². The highest BCUT2D eigenvalue weighted by atomic mass is 32.2. The summed E-state index contributed by atoms with van der Waals surface area (Å²) in [5.74, 6) is 0. The molecule has 0 aliphatic heterocycles. The van der Waals surface area contributed by atoms with Crippen LogP contribution >= 0.6 is 11.8 Å². The highest BCUT2D eigenvalue weighted by Crippen LogP contribution is 2.40. The smallest absolute Gasteiger partial charge is 0.108 e. The Labute approximate surface area is 162 Å². The van der Waals surface area contributed by atoms with Gasteiger partial charge >= 0.3 is 0 Å². The molecule has 0 saturated heterocycles. The summed E-state index contributed by atoms with van der Waals surface area (Å²) >= 11 is 1.66. The van der Waals surface area contributed by atoms with E-state index in [-0.39, 0.29) is 0 Å². The zero-order valence-electron chi connectivity index (χ0n) is 14.8. The van der Waals surface area contributed by atoms with Crippen molar-refractivity contribution in [2.75, 3.05) is 6.26 Å². The van der Waals surface area contributed by atoms with E-state index in [0.717, 1.165) is 33.1 Å². The van der Waals surface area contributed by atoms with Crippen molar-refractivity contribution in [2.24, 2.45) is 0 Å². The molecule has 1 heterocycles. The second kappa shape index (κ2) is 7.53. The van der Waals surface area contributed by atoms with Gasteiger partial charge < -0.3 is 0 Å². The average Bonchev–Trinajstić information content (AvgIpc) is 3.14. The molecule has 4 aromatic rings. The van der Waals surface area contributed by atoms with Gasteiger partial charge in [0.15, 0.2) is 0 Å². The van der Waals surface area contributed by atoms with E-state index in [9.17, 15) is 5.26 Å². The maximum absolute atomic E-state index is 9.33. The first-order chi connectivity index (χ1) is 13.3. The third kappa shape index (κ3) is 3.25. The first-order valence-corrected chi connectivity index (χ1v) is 9.82. The topological polar surface area (TPSA) is 41.6 Å². The van der Waals surface area contributed by atoms with Crippen LogP contribution in [0, 0.1) is 11.3 Å². The number of nitrogens with zero attached hydrogens (tertiary/aromatic N) is 3. The molecule has 1 aromatic heterocycles. The molecular formula is C23H17N3S. The van der Waals surface area contributed by atoms with Gasteiger partial charge in [-0.1, -0.05) is 60.7 Å². The number of hydrogen-bond donors (Lipinski definition) is 0. The molecule has 0 saturated carbocycles. The van der Waals surface area contributed by atoms with Crippen LogP contribution in [0.3, 0.4) is 0 Å². The molecule has 0 aliphatic rings. The number of thioether (sulfide) groups is 1. The van der Waals surface area contributed by atoms with E-state index in [1.54, 1.807) is 11.8 Å². The molecular weight excluding hydrogens is 350 g/mol. The first kappa shape index (κ1) is 17.1. The van der Waals surface area contributed by atoms with Crippen molar-refractivity contribution in [3.8, 4) is 34.1 Å². The lowest BCUT2D eigenvalue weighted by atomic mass is 10.0. The van der Waals surface area contributed by atoms with Gasteiger partial charge in [0.05, 0.1) is 17.3 Å². The van der Waals surface area contributed by atoms with Crippen LogP contribution < -0.4 is 0 Å². The fourth-order valence-electron chi connectivity index (χ4n) is 3.14. The molecule has 3 aromatic carbocycles. The predicted octanol–water partition coefficient (Wildman–Crippen LogP) is 5.80. The lowest BCUT2D eigenvalue weighted by Gasteiger charge is -2.08. The summed E-state index contributed by atoms with van der Waals surface area (Å²) < 4.78 is 1.99. The summed E-state index contributed by atoms with van der Waals surface area (Å²) in [4.78, 5) is 0. The summed E-state index contributed by atoms with van der Waals surface area (Å²) in [7, 11) is 0. The van der Waals surface area contributed by atoms with Crippen LogP contribution in [0.25, 0.3) is 28.1 Å². The fourth-order valence-corrected chi connectivity index (χ4v) is 3.88. The number of para-hydroxylation sites is 1. The number of nitriles is 1. The van der Waals surface area contributed by atoms with Crippen molar-refractivity contribution >= 4 is 11.8 Å². The van der Waals surface area contributed by atoms with Gasteiger partial charge in [0.2, 0.25) is 0 Å². The molecule has 0 unspecified atom stereocenters. The molecule has 4 rings (SSSR count). The highest BCUT2D eigenvalue weighted by molar-refractivity contribution is 7.98. The molecule has 3 nitrogen and oxygen atoms in total. The van der Waals surface area contributed by atoms with Crippen LogP contribution in [0.1, 0.15) is 5.56 Å². The molecule has 0 atom stereocenters. The van der Waals surface area contributed by atoms with E-state index in [1.165, 1.54) is 0 Å². The maximum Gasteiger partial charge on any atom is 0.108 e. The number of hydrogen-bond acceptors (Lipinski definition) is 3. The van der Waals surface area contributed by atoms with Crippen molar-refractivity contribution in [3.05, 3.63) is 90.5 Å². The van der Waals surface area contributed by atoms with Gasteiger partial charge in [0.25, 0.3) is 0 Å². The first-order valence-electron chi connectivity index (χ1n) is 8.60. The number of aromatic nitrogens is 2. The van der Waals surface area contributed by atoms with Crippen molar-refractivity contribution in [2.45, 2.75) is 5.03 Å². The molecule has 0 spiro atoms. The van der Waals surface area contributed by atoms with Crippen LogP contribution in [0.2, 0.25) is 0 Å². The Kier molecular flexibility index (Phi) is 4.78. The average molecular weight is 367 g/mol. The molecule has 130 valence electrons. The lowest BCUT2D eigenvalue weighted by molar-refractivity contribution is 0.808. The minimum atomic E-state index is 0.644. The number of rotatable bonds is 4. The summed E-state index contributed by atoms with van der Waals surface area (Å²) in [6, 6.07) is 30.3. The molecule has 27 heavy (non-hydrogen) atoms.